The molecule has 5 rings (SSSR count). The third-order valence-corrected chi connectivity index (χ3v) is 8.26. The zero-order chi connectivity index (χ0) is 23.2. The van der Waals surface area contributed by atoms with Crippen molar-refractivity contribution in [2.75, 3.05) is 0 Å². The molecule has 0 N–H and O–H groups in total. The summed E-state index contributed by atoms with van der Waals surface area (Å²) < 4.78 is 2.30. The summed E-state index contributed by atoms with van der Waals surface area (Å²) >= 11 is 0. The van der Waals surface area contributed by atoms with Crippen molar-refractivity contribution in [2.24, 2.45) is 0 Å². The molecule has 0 saturated carbocycles. The van der Waals surface area contributed by atoms with Gasteiger partial charge in [0.1, 0.15) is 0 Å². The Hall–Kier alpha value is -4.12. The van der Waals surface area contributed by atoms with Crippen LogP contribution in [-0.4, -0.2) is 12.6 Å². The lowest BCUT2D eigenvalue weighted by atomic mass is 9.97. The highest BCUT2D eigenvalue weighted by Crippen LogP contribution is 2.38. The van der Waals surface area contributed by atoms with Crippen LogP contribution in [0.15, 0.2) is 84.9 Å². The Morgan fingerprint density at radius 3 is 2.18 bits per heavy atom. The van der Waals surface area contributed by atoms with Gasteiger partial charge in [0, 0.05) is 27.6 Å². The average Bonchev–Trinajstić information content (AvgIpc) is 3.16. The van der Waals surface area contributed by atoms with Crippen LogP contribution >= 0.6 is 0 Å². The van der Waals surface area contributed by atoms with E-state index >= 15 is 0 Å². The lowest BCUT2D eigenvalue weighted by Crippen LogP contribution is -2.37. The first-order chi connectivity index (χ1) is 15.9. The topological polar surface area (TPSA) is 33.1 Å². The average molecular weight is 442 g/mol. The predicted octanol–water partition coefficient (Wildman–Crippen LogP) is 7.42. The van der Waals surface area contributed by atoms with Gasteiger partial charge in [0.05, 0.1) is 31.7 Å². The summed E-state index contributed by atoms with van der Waals surface area (Å²) in [5, 5.41) is 13.5. The van der Waals surface area contributed by atoms with Crippen molar-refractivity contribution in [1.82, 2.24) is 4.57 Å². The molecule has 3 nitrogen and oxygen atoms in total. The molecule has 0 aliphatic heterocycles. The number of fused-ring (bicyclic) bond motifs is 3. The lowest BCUT2D eigenvalue weighted by Gasteiger charge is -2.17. The van der Waals surface area contributed by atoms with Crippen molar-refractivity contribution in [3.8, 4) is 22.9 Å². The van der Waals surface area contributed by atoms with Gasteiger partial charge in [-0.05, 0) is 42.0 Å². The molecule has 4 heteroatoms. The maximum absolute atomic E-state index is 9.71. The number of benzene rings is 4. The van der Waals surface area contributed by atoms with Gasteiger partial charge in [-0.3, -0.25) is 0 Å². The molecule has 0 fully saturated rings. The summed E-state index contributed by atoms with van der Waals surface area (Å²) in [7, 11) is -1.51. The van der Waals surface area contributed by atoms with Crippen LogP contribution in [-0.2, 0) is 0 Å². The normalized spacial score (nSPS) is 11.4. The van der Waals surface area contributed by atoms with Gasteiger partial charge in [0.2, 0.25) is 0 Å². The van der Waals surface area contributed by atoms with E-state index in [9.17, 15) is 5.26 Å². The van der Waals surface area contributed by atoms with Crippen molar-refractivity contribution in [2.45, 2.75) is 19.6 Å². The summed E-state index contributed by atoms with van der Waals surface area (Å²) in [6.45, 7) is 14.7. The molecule has 1 aromatic heterocycles. The summed E-state index contributed by atoms with van der Waals surface area (Å²) in [4.78, 5) is 3.70. The fourth-order valence-electron chi connectivity index (χ4n) is 4.53. The van der Waals surface area contributed by atoms with Crippen molar-refractivity contribution in [3.63, 3.8) is 0 Å². The lowest BCUT2D eigenvalue weighted by molar-refractivity contribution is 1.18. The van der Waals surface area contributed by atoms with Crippen LogP contribution in [0.5, 0.6) is 0 Å². The molecular formula is C29H23N3Si. The van der Waals surface area contributed by atoms with Crippen molar-refractivity contribution >= 4 is 40.8 Å². The van der Waals surface area contributed by atoms with Gasteiger partial charge in [0.25, 0.3) is 0 Å². The summed E-state index contributed by atoms with van der Waals surface area (Å²) in [6, 6.07) is 31.2. The first-order valence-electron chi connectivity index (χ1n) is 11.0. The van der Waals surface area contributed by atoms with Gasteiger partial charge in [-0.15, -0.1) is 0 Å². The molecule has 33 heavy (non-hydrogen) atoms. The highest BCUT2D eigenvalue weighted by molar-refractivity contribution is 6.88. The van der Waals surface area contributed by atoms with E-state index in [1.54, 1.807) is 18.2 Å². The van der Waals surface area contributed by atoms with Gasteiger partial charge in [-0.1, -0.05) is 73.4 Å². The van der Waals surface area contributed by atoms with Crippen molar-refractivity contribution < 1.29 is 0 Å². The van der Waals surface area contributed by atoms with E-state index in [1.165, 1.54) is 10.6 Å². The first-order valence-corrected chi connectivity index (χ1v) is 14.5. The standard InChI is InChI=1S/C29H23N3Si/c1-31-26-12-8-9-21(19-30)29(26)20-13-15-27-24(17-20)25-18-23(33(2,3)4)14-16-28(25)32(27)22-10-6-5-7-11-22/h5-18H,2-4H3. The minimum atomic E-state index is -1.51. The second-order valence-corrected chi connectivity index (χ2v) is 14.4. The third kappa shape index (κ3) is 3.42. The van der Waals surface area contributed by atoms with Crippen LogP contribution in [0.25, 0.3) is 43.5 Å². The number of nitriles is 1. The molecule has 0 amide bonds. The molecule has 0 saturated heterocycles. The SMILES string of the molecule is [C-]#[N+]c1cccc(C#N)c1-c1ccc2c(c1)c1cc([Si](C)(C)C)ccc1n2-c1ccccc1. The molecule has 0 aliphatic rings. The predicted molar refractivity (Wildman–Crippen MR) is 140 cm³/mol. The third-order valence-electron chi connectivity index (χ3n) is 6.22. The quantitative estimate of drug-likeness (QED) is 0.212. The Balaban J connectivity index is 1.89. The number of para-hydroxylation sites is 1. The van der Waals surface area contributed by atoms with Crippen molar-refractivity contribution in [3.05, 3.63) is 102 Å². The highest BCUT2D eigenvalue weighted by atomic mass is 28.3. The number of nitrogens with zero attached hydrogens (tertiary/aromatic N) is 3. The number of hydrogen-bond donors (Lipinski definition) is 0. The van der Waals surface area contributed by atoms with Crippen LogP contribution in [0.4, 0.5) is 5.69 Å². The maximum Gasteiger partial charge on any atom is 0.196 e. The van der Waals surface area contributed by atoms with Crippen LogP contribution in [0.1, 0.15) is 5.56 Å². The number of hydrogen-bond acceptors (Lipinski definition) is 1. The molecule has 0 aliphatic carbocycles. The summed E-state index contributed by atoms with van der Waals surface area (Å²) in [5.74, 6) is 0. The van der Waals surface area contributed by atoms with Gasteiger partial charge in [-0.25, -0.2) is 4.85 Å². The van der Waals surface area contributed by atoms with E-state index in [4.69, 9.17) is 6.57 Å². The van der Waals surface area contributed by atoms with Crippen LogP contribution in [0.3, 0.4) is 0 Å². The fourth-order valence-corrected chi connectivity index (χ4v) is 5.69. The summed E-state index contributed by atoms with van der Waals surface area (Å²) in [5.41, 5.74) is 6.03. The van der Waals surface area contributed by atoms with E-state index in [-0.39, 0.29) is 0 Å². The van der Waals surface area contributed by atoms with E-state index in [1.807, 2.05) is 12.1 Å². The van der Waals surface area contributed by atoms with Gasteiger partial charge in [0.15, 0.2) is 5.69 Å². The van der Waals surface area contributed by atoms with Crippen molar-refractivity contribution in [1.29, 1.82) is 5.26 Å². The smallest absolute Gasteiger partial charge is 0.196 e. The van der Waals surface area contributed by atoms with Crippen LogP contribution < -0.4 is 5.19 Å². The highest BCUT2D eigenvalue weighted by Gasteiger charge is 2.20. The Bertz CT molecular complexity index is 1580. The molecule has 0 radical (unpaired) electrons. The Labute approximate surface area is 195 Å². The molecule has 0 atom stereocenters. The van der Waals surface area contributed by atoms with Gasteiger partial charge >= 0.3 is 0 Å². The summed E-state index contributed by atoms with van der Waals surface area (Å²) in [6.07, 6.45) is 0. The number of aromatic nitrogens is 1. The van der Waals surface area contributed by atoms with E-state index < -0.39 is 8.07 Å². The molecule has 5 aromatic rings. The van der Waals surface area contributed by atoms with E-state index in [2.05, 4.69) is 89.7 Å². The zero-order valence-corrected chi connectivity index (χ0v) is 19.9. The van der Waals surface area contributed by atoms with Crippen LogP contribution in [0, 0.1) is 17.9 Å². The Kier molecular flexibility index (Phi) is 4.89. The molecular weight excluding hydrogens is 418 g/mol. The molecule has 0 spiro atoms. The Morgan fingerprint density at radius 1 is 0.818 bits per heavy atom. The van der Waals surface area contributed by atoms with E-state index in [0.717, 1.165) is 27.7 Å². The largest absolute Gasteiger partial charge is 0.309 e. The minimum absolute atomic E-state index is 0.503. The molecule has 158 valence electrons. The Morgan fingerprint density at radius 2 is 1.52 bits per heavy atom. The second kappa shape index (κ2) is 7.78. The second-order valence-electron chi connectivity index (χ2n) is 9.31. The first kappa shape index (κ1) is 20.8. The minimum Gasteiger partial charge on any atom is -0.309 e. The molecule has 4 aromatic carbocycles. The van der Waals surface area contributed by atoms with Crippen LogP contribution in [0.2, 0.25) is 19.6 Å². The monoisotopic (exact) mass is 441 g/mol. The molecule has 1 heterocycles. The maximum atomic E-state index is 9.71. The fraction of sp³-hybridized carbons (Fsp3) is 0.103. The zero-order valence-electron chi connectivity index (χ0n) is 18.9. The van der Waals surface area contributed by atoms with E-state index in [0.29, 0.717) is 16.8 Å². The molecule has 0 unspecified atom stereocenters. The van der Waals surface area contributed by atoms with Gasteiger partial charge in [-0.2, -0.15) is 5.26 Å². The number of rotatable bonds is 3. The molecule has 0 bridgehead atoms. The van der Waals surface area contributed by atoms with Gasteiger partial charge < -0.3 is 4.57 Å².